The Balaban J connectivity index is 1.34. The van der Waals surface area contributed by atoms with Gasteiger partial charge in [-0.3, -0.25) is 4.79 Å². The molecule has 0 bridgehead atoms. The summed E-state index contributed by atoms with van der Waals surface area (Å²) < 4.78 is 12.5. The molecule has 1 aliphatic rings. The predicted molar refractivity (Wildman–Crippen MR) is 115 cm³/mol. The molecule has 8 nitrogen and oxygen atoms in total. The van der Waals surface area contributed by atoms with Gasteiger partial charge in [0, 0.05) is 20.0 Å². The number of aryl methyl sites for hydroxylation is 1. The molecule has 0 radical (unpaired) electrons. The van der Waals surface area contributed by atoms with Gasteiger partial charge in [-0.15, -0.1) is 16.4 Å². The second kappa shape index (κ2) is 8.74. The Hall–Kier alpha value is -3.07. The van der Waals surface area contributed by atoms with Crippen LogP contribution in [0.25, 0.3) is 10.8 Å². The average Bonchev–Trinajstić information content (AvgIpc) is 3.41. The molecule has 158 valence electrons. The molecule has 0 aliphatic carbocycles. The van der Waals surface area contributed by atoms with Crippen LogP contribution in [-0.2, 0) is 11.3 Å². The Bertz CT molecular complexity index is 1060. The molecule has 3 aromatic rings. The number of benzene rings is 1. The summed E-state index contributed by atoms with van der Waals surface area (Å²) in [5.74, 6) is 0.490. The highest BCUT2D eigenvalue weighted by Gasteiger charge is 2.26. The minimum Gasteiger partial charge on any atom is -0.485 e. The Morgan fingerprint density at radius 1 is 1.30 bits per heavy atom. The van der Waals surface area contributed by atoms with Crippen molar-refractivity contribution in [1.29, 1.82) is 0 Å². The molecule has 0 saturated carbocycles. The fraction of sp³-hybridized carbons (Fsp3) is 0.381. The van der Waals surface area contributed by atoms with Crippen molar-refractivity contribution in [2.24, 2.45) is 0 Å². The van der Waals surface area contributed by atoms with Gasteiger partial charge in [-0.1, -0.05) is 18.2 Å². The van der Waals surface area contributed by atoms with E-state index in [1.807, 2.05) is 41.8 Å². The summed E-state index contributed by atoms with van der Waals surface area (Å²) in [5, 5.41) is 6.08. The quantitative estimate of drug-likeness (QED) is 0.576. The topological polar surface area (TPSA) is 80.8 Å². The van der Waals surface area contributed by atoms with Gasteiger partial charge < -0.3 is 19.0 Å². The van der Waals surface area contributed by atoms with E-state index in [2.05, 4.69) is 16.9 Å². The fourth-order valence-corrected chi connectivity index (χ4v) is 4.16. The first-order chi connectivity index (χ1) is 14.5. The van der Waals surface area contributed by atoms with Gasteiger partial charge in [-0.05, 0) is 30.5 Å². The number of fused-ring (bicyclic) bond motifs is 1. The van der Waals surface area contributed by atoms with Crippen LogP contribution in [0.3, 0.4) is 0 Å². The number of aromatic nitrogens is 2. The molecule has 0 unspecified atom stereocenters. The lowest BCUT2D eigenvalue weighted by Gasteiger charge is -2.37. The van der Waals surface area contributed by atoms with Gasteiger partial charge in [-0.2, -0.15) is 4.68 Å². The number of para-hydroxylation sites is 2. The summed E-state index contributed by atoms with van der Waals surface area (Å²) in [7, 11) is 1.76. The van der Waals surface area contributed by atoms with E-state index in [4.69, 9.17) is 9.15 Å². The molecule has 1 aliphatic heterocycles. The van der Waals surface area contributed by atoms with Crippen LogP contribution < -0.4 is 15.4 Å². The number of amides is 1. The number of likely N-dealkylation sites (N-methyl/N-ethyl adjacent to an activating group) is 2. The zero-order valence-electron chi connectivity index (χ0n) is 17.0. The van der Waals surface area contributed by atoms with Crippen LogP contribution in [0.5, 0.6) is 5.75 Å². The largest absolute Gasteiger partial charge is 0.485 e. The summed E-state index contributed by atoms with van der Waals surface area (Å²) >= 11 is 1.44. The molecule has 3 heterocycles. The van der Waals surface area contributed by atoms with Crippen LogP contribution >= 0.6 is 11.3 Å². The minimum atomic E-state index is -0.556. The van der Waals surface area contributed by atoms with E-state index in [9.17, 15) is 9.59 Å². The summed E-state index contributed by atoms with van der Waals surface area (Å²) in [6.45, 7) is 4.34. The van der Waals surface area contributed by atoms with Gasteiger partial charge in [0.1, 0.15) is 11.9 Å². The third-order valence-corrected chi connectivity index (χ3v) is 5.94. The third kappa shape index (κ3) is 4.25. The van der Waals surface area contributed by atoms with Crippen molar-refractivity contribution < 1.29 is 13.9 Å². The predicted octanol–water partition coefficient (Wildman–Crippen LogP) is 2.70. The van der Waals surface area contributed by atoms with Crippen molar-refractivity contribution in [2.45, 2.75) is 26.0 Å². The molecule has 0 spiro atoms. The maximum absolute atomic E-state index is 12.6. The molecule has 0 N–H and O–H groups in total. The maximum atomic E-state index is 12.6. The second-order valence-electron chi connectivity index (χ2n) is 7.14. The number of rotatable bonds is 7. The van der Waals surface area contributed by atoms with Gasteiger partial charge in [0.15, 0.2) is 0 Å². The highest BCUT2D eigenvalue weighted by atomic mass is 32.1. The lowest BCUT2D eigenvalue weighted by molar-refractivity contribution is -0.131. The standard InChI is InChI=1S/C21H24N4O4S/c1-3-24-14-15(28-17-8-5-4-7-16(17)24)13-23(2)19(26)10-11-25-21(27)29-20(22-25)18-9-6-12-30-18/h4-9,12,15H,3,10-11,13-14H2,1-2H3/t15-/m1/s1. The van der Waals surface area contributed by atoms with Crippen molar-refractivity contribution in [3.63, 3.8) is 0 Å². The van der Waals surface area contributed by atoms with Crippen molar-refractivity contribution in [3.05, 3.63) is 52.3 Å². The number of ether oxygens (including phenoxy) is 1. The molecule has 4 rings (SSSR count). The first-order valence-corrected chi connectivity index (χ1v) is 10.8. The monoisotopic (exact) mass is 428 g/mol. The van der Waals surface area contributed by atoms with Crippen molar-refractivity contribution in [1.82, 2.24) is 14.7 Å². The SMILES string of the molecule is CCN1C[C@@H](CN(C)C(=O)CCn2nc(-c3cccs3)oc2=O)Oc2ccccc21. The van der Waals surface area contributed by atoms with Crippen LogP contribution in [0.1, 0.15) is 13.3 Å². The summed E-state index contributed by atoms with van der Waals surface area (Å²) in [6.07, 6.45) is 0.0437. The maximum Gasteiger partial charge on any atom is 0.437 e. The number of anilines is 1. The Morgan fingerprint density at radius 2 is 2.13 bits per heavy atom. The van der Waals surface area contributed by atoms with Crippen LogP contribution in [-0.4, -0.2) is 53.4 Å². The number of carbonyl (C=O) groups excluding carboxylic acids is 1. The normalized spacial score (nSPS) is 15.5. The molecule has 1 atom stereocenters. The number of hydrogen-bond donors (Lipinski definition) is 0. The molecular formula is C21H24N4O4S. The first kappa shape index (κ1) is 20.2. The molecular weight excluding hydrogens is 404 g/mol. The highest BCUT2D eigenvalue weighted by molar-refractivity contribution is 7.13. The first-order valence-electron chi connectivity index (χ1n) is 9.91. The number of nitrogens with zero attached hydrogens (tertiary/aromatic N) is 4. The van der Waals surface area contributed by atoms with Crippen molar-refractivity contribution >= 4 is 22.9 Å². The van der Waals surface area contributed by atoms with Gasteiger partial charge in [-0.25, -0.2) is 4.79 Å². The van der Waals surface area contributed by atoms with Crippen molar-refractivity contribution in [3.8, 4) is 16.5 Å². The summed E-state index contributed by atoms with van der Waals surface area (Å²) in [6, 6.07) is 11.6. The molecule has 0 fully saturated rings. The lowest BCUT2D eigenvalue weighted by Crippen LogP contribution is -2.47. The zero-order chi connectivity index (χ0) is 21.1. The molecule has 1 amide bonds. The van der Waals surface area contributed by atoms with E-state index in [-0.39, 0.29) is 30.9 Å². The minimum absolute atomic E-state index is 0.0759. The summed E-state index contributed by atoms with van der Waals surface area (Å²) in [4.78, 5) is 29.3. The average molecular weight is 429 g/mol. The van der Waals surface area contributed by atoms with Crippen LogP contribution in [0, 0.1) is 0 Å². The fourth-order valence-electron chi connectivity index (χ4n) is 3.52. The molecule has 1 aromatic carbocycles. The molecule has 0 saturated heterocycles. The van der Waals surface area contributed by atoms with E-state index in [1.54, 1.807) is 11.9 Å². The number of carbonyl (C=O) groups is 1. The molecule has 9 heteroatoms. The van der Waals surface area contributed by atoms with Crippen LogP contribution in [0.4, 0.5) is 5.69 Å². The number of hydrogen-bond acceptors (Lipinski definition) is 7. The van der Waals surface area contributed by atoms with E-state index in [0.29, 0.717) is 6.54 Å². The number of thiophene rings is 1. The lowest BCUT2D eigenvalue weighted by atomic mass is 10.1. The Labute approximate surface area is 178 Å². The smallest absolute Gasteiger partial charge is 0.437 e. The van der Waals surface area contributed by atoms with Crippen molar-refractivity contribution in [2.75, 3.05) is 31.6 Å². The Kier molecular flexibility index (Phi) is 5.89. The van der Waals surface area contributed by atoms with Gasteiger partial charge in [0.2, 0.25) is 5.91 Å². The van der Waals surface area contributed by atoms with Crippen LogP contribution in [0.15, 0.2) is 51.0 Å². The van der Waals surface area contributed by atoms with E-state index in [1.165, 1.54) is 16.0 Å². The van der Waals surface area contributed by atoms with E-state index < -0.39 is 5.76 Å². The van der Waals surface area contributed by atoms with E-state index in [0.717, 1.165) is 29.4 Å². The molecule has 2 aromatic heterocycles. The van der Waals surface area contributed by atoms with Gasteiger partial charge >= 0.3 is 5.76 Å². The van der Waals surface area contributed by atoms with E-state index >= 15 is 0 Å². The summed E-state index contributed by atoms with van der Waals surface area (Å²) in [5.41, 5.74) is 1.08. The molecule has 30 heavy (non-hydrogen) atoms. The van der Waals surface area contributed by atoms with Crippen LogP contribution in [0.2, 0.25) is 0 Å². The zero-order valence-corrected chi connectivity index (χ0v) is 17.8. The second-order valence-corrected chi connectivity index (χ2v) is 8.09. The third-order valence-electron chi connectivity index (χ3n) is 5.08. The highest BCUT2D eigenvalue weighted by Crippen LogP contribution is 2.32. The van der Waals surface area contributed by atoms with Gasteiger partial charge in [0.05, 0.1) is 30.2 Å². The Morgan fingerprint density at radius 3 is 2.90 bits per heavy atom. The van der Waals surface area contributed by atoms with Gasteiger partial charge in [0.25, 0.3) is 5.89 Å².